The van der Waals surface area contributed by atoms with Crippen molar-refractivity contribution >= 4 is 27.0 Å². The van der Waals surface area contributed by atoms with E-state index in [2.05, 4.69) is 0 Å². The molecule has 0 spiro atoms. The van der Waals surface area contributed by atoms with Crippen molar-refractivity contribution in [2.24, 2.45) is 5.92 Å². The van der Waals surface area contributed by atoms with Crippen molar-refractivity contribution in [3.05, 3.63) is 30.5 Å². The second kappa shape index (κ2) is 5.73. The third-order valence-electron chi connectivity index (χ3n) is 4.10. The summed E-state index contributed by atoms with van der Waals surface area (Å²) < 4.78 is 32.1. The van der Waals surface area contributed by atoms with Gasteiger partial charge in [0, 0.05) is 18.5 Å². The van der Waals surface area contributed by atoms with E-state index in [9.17, 15) is 13.2 Å². The number of fused-ring (bicyclic) bond motifs is 1. The number of sulfonamides is 1. The summed E-state index contributed by atoms with van der Waals surface area (Å²) in [6.07, 6.45) is 2.94. The summed E-state index contributed by atoms with van der Waals surface area (Å²) in [5, 5.41) is 9.82. The second-order valence-corrected chi connectivity index (χ2v) is 7.43. The molecule has 2 aromatic rings. The lowest BCUT2D eigenvalue weighted by Crippen LogP contribution is -2.32. The van der Waals surface area contributed by atoms with E-state index in [1.54, 1.807) is 18.2 Å². The van der Waals surface area contributed by atoms with Gasteiger partial charge in [-0.05, 0) is 43.5 Å². The molecule has 0 radical (unpaired) electrons. The van der Waals surface area contributed by atoms with Crippen molar-refractivity contribution < 1.29 is 22.7 Å². The van der Waals surface area contributed by atoms with E-state index in [1.807, 2.05) is 0 Å². The van der Waals surface area contributed by atoms with Gasteiger partial charge in [-0.2, -0.15) is 4.31 Å². The fourth-order valence-corrected chi connectivity index (χ4v) is 4.34. The molecule has 0 bridgehead atoms. The third kappa shape index (κ3) is 2.74. The summed E-state index contributed by atoms with van der Waals surface area (Å²) in [6, 6.07) is 6.48. The van der Waals surface area contributed by atoms with Crippen LogP contribution in [0.25, 0.3) is 11.0 Å². The molecule has 3 rings (SSSR count). The van der Waals surface area contributed by atoms with Crippen molar-refractivity contribution in [2.75, 3.05) is 13.1 Å². The molecule has 0 amide bonds. The van der Waals surface area contributed by atoms with Gasteiger partial charge in [-0.3, -0.25) is 4.79 Å². The normalized spacial score (nSPS) is 20.8. The zero-order valence-electron chi connectivity index (χ0n) is 11.9. The lowest BCUT2D eigenvalue weighted by atomic mass is 10.0. The Kier molecular flexibility index (Phi) is 3.92. The Labute approximate surface area is 128 Å². The van der Waals surface area contributed by atoms with Crippen LogP contribution in [0.15, 0.2) is 39.8 Å². The molecule has 7 heteroatoms. The number of nitrogens with zero attached hydrogens (tertiary/aromatic N) is 1. The molecule has 0 saturated carbocycles. The van der Waals surface area contributed by atoms with E-state index in [0.29, 0.717) is 31.4 Å². The molecule has 1 fully saturated rings. The van der Waals surface area contributed by atoms with Gasteiger partial charge in [0.15, 0.2) is 0 Å². The number of aliphatic carboxylic acids is 1. The standard InChI is InChI=1S/C15H17NO5S/c17-15(18)11-2-1-7-16(8-5-11)22(19,20)13-3-4-14-12(10-13)6-9-21-14/h3-4,6,9-11H,1-2,5,7-8H2,(H,17,18). The van der Waals surface area contributed by atoms with E-state index in [-0.39, 0.29) is 11.4 Å². The molecule has 1 aliphatic heterocycles. The Morgan fingerprint density at radius 2 is 2.05 bits per heavy atom. The maximum absolute atomic E-state index is 12.7. The van der Waals surface area contributed by atoms with Gasteiger partial charge in [0.1, 0.15) is 5.58 Å². The second-order valence-electron chi connectivity index (χ2n) is 5.49. The van der Waals surface area contributed by atoms with Crippen molar-refractivity contribution in [3.63, 3.8) is 0 Å². The van der Waals surface area contributed by atoms with Crippen molar-refractivity contribution in [1.82, 2.24) is 4.31 Å². The molecule has 1 unspecified atom stereocenters. The molecule has 1 atom stereocenters. The maximum Gasteiger partial charge on any atom is 0.306 e. The largest absolute Gasteiger partial charge is 0.481 e. The minimum absolute atomic E-state index is 0.218. The van der Waals surface area contributed by atoms with Gasteiger partial charge in [-0.15, -0.1) is 0 Å². The summed E-state index contributed by atoms with van der Waals surface area (Å²) in [5.41, 5.74) is 0.640. The predicted molar refractivity (Wildman–Crippen MR) is 79.9 cm³/mol. The monoisotopic (exact) mass is 323 g/mol. The Bertz CT molecular complexity index is 795. The van der Waals surface area contributed by atoms with Crippen LogP contribution in [0, 0.1) is 5.92 Å². The number of rotatable bonds is 3. The molecule has 22 heavy (non-hydrogen) atoms. The first-order valence-corrected chi connectivity index (χ1v) is 8.63. The van der Waals surface area contributed by atoms with Gasteiger partial charge in [0.05, 0.1) is 17.1 Å². The average molecular weight is 323 g/mol. The minimum atomic E-state index is -3.61. The Morgan fingerprint density at radius 1 is 1.23 bits per heavy atom. The van der Waals surface area contributed by atoms with Crippen LogP contribution in [0.4, 0.5) is 0 Å². The van der Waals surface area contributed by atoms with E-state index < -0.39 is 21.9 Å². The topological polar surface area (TPSA) is 87.8 Å². The molecule has 118 valence electrons. The molecule has 1 aromatic carbocycles. The highest BCUT2D eigenvalue weighted by atomic mass is 32.2. The number of carboxylic acids is 1. The highest BCUT2D eigenvalue weighted by Crippen LogP contribution is 2.26. The lowest BCUT2D eigenvalue weighted by Gasteiger charge is -2.20. The van der Waals surface area contributed by atoms with E-state index in [1.165, 1.54) is 16.6 Å². The molecule has 1 aromatic heterocycles. The lowest BCUT2D eigenvalue weighted by molar-refractivity contribution is -0.142. The van der Waals surface area contributed by atoms with E-state index in [0.717, 1.165) is 5.39 Å². The summed E-state index contributed by atoms with van der Waals surface area (Å²) in [6.45, 7) is 0.595. The van der Waals surface area contributed by atoms with E-state index in [4.69, 9.17) is 9.52 Å². The van der Waals surface area contributed by atoms with Gasteiger partial charge >= 0.3 is 5.97 Å². The summed E-state index contributed by atoms with van der Waals surface area (Å²) >= 11 is 0. The van der Waals surface area contributed by atoms with Crippen LogP contribution >= 0.6 is 0 Å². The van der Waals surface area contributed by atoms with Gasteiger partial charge in [-0.1, -0.05) is 0 Å². The number of furan rings is 1. The first kappa shape index (κ1) is 15.1. The van der Waals surface area contributed by atoms with Crippen LogP contribution in [0.5, 0.6) is 0 Å². The highest BCUT2D eigenvalue weighted by Gasteiger charge is 2.29. The van der Waals surface area contributed by atoms with Gasteiger partial charge < -0.3 is 9.52 Å². The molecule has 2 heterocycles. The molecule has 1 saturated heterocycles. The number of hydrogen-bond acceptors (Lipinski definition) is 4. The Hall–Kier alpha value is -1.86. The third-order valence-corrected chi connectivity index (χ3v) is 5.99. The minimum Gasteiger partial charge on any atom is -0.481 e. The zero-order valence-corrected chi connectivity index (χ0v) is 12.8. The Balaban J connectivity index is 1.87. The molecular formula is C15H17NO5S. The van der Waals surface area contributed by atoms with Crippen molar-refractivity contribution in [2.45, 2.75) is 24.2 Å². The number of benzene rings is 1. The quantitative estimate of drug-likeness (QED) is 0.936. The van der Waals surface area contributed by atoms with Crippen LogP contribution in [0.1, 0.15) is 19.3 Å². The maximum atomic E-state index is 12.7. The Morgan fingerprint density at radius 3 is 2.82 bits per heavy atom. The van der Waals surface area contributed by atoms with Crippen LogP contribution < -0.4 is 0 Å². The van der Waals surface area contributed by atoms with Crippen LogP contribution in [0.2, 0.25) is 0 Å². The smallest absolute Gasteiger partial charge is 0.306 e. The average Bonchev–Trinajstić information content (AvgIpc) is 2.80. The first-order valence-electron chi connectivity index (χ1n) is 7.19. The van der Waals surface area contributed by atoms with Crippen molar-refractivity contribution in [3.8, 4) is 0 Å². The SMILES string of the molecule is O=C(O)C1CCCN(S(=O)(=O)c2ccc3occc3c2)CC1. The van der Waals surface area contributed by atoms with Gasteiger partial charge in [-0.25, -0.2) is 8.42 Å². The van der Waals surface area contributed by atoms with Crippen LogP contribution in [0.3, 0.4) is 0 Å². The first-order chi connectivity index (χ1) is 10.5. The molecule has 1 N–H and O–H groups in total. The molecule has 0 aliphatic carbocycles. The summed E-state index contributed by atoms with van der Waals surface area (Å²) in [7, 11) is -3.61. The van der Waals surface area contributed by atoms with Crippen molar-refractivity contribution in [1.29, 1.82) is 0 Å². The predicted octanol–water partition coefficient (Wildman–Crippen LogP) is 2.31. The van der Waals surface area contributed by atoms with E-state index >= 15 is 0 Å². The molecule has 6 nitrogen and oxygen atoms in total. The number of carbonyl (C=O) groups is 1. The van der Waals surface area contributed by atoms with Crippen LogP contribution in [-0.4, -0.2) is 36.9 Å². The molecule has 1 aliphatic rings. The van der Waals surface area contributed by atoms with Gasteiger partial charge in [0.25, 0.3) is 0 Å². The number of carboxylic acid groups (broad SMARTS) is 1. The fraction of sp³-hybridized carbons (Fsp3) is 0.400. The molecular weight excluding hydrogens is 306 g/mol. The summed E-state index contributed by atoms with van der Waals surface area (Å²) in [5.74, 6) is -1.31. The van der Waals surface area contributed by atoms with Crippen LogP contribution in [-0.2, 0) is 14.8 Å². The number of hydrogen-bond donors (Lipinski definition) is 1. The highest BCUT2D eigenvalue weighted by molar-refractivity contribution is 7.89. The fourth-order valence-electron chi connectivity index (χ4n) is 2.81. The summed E-state index contributed by atoms with van der Waals surface area (Å²) in [4.78, 5) is 11.3. The zero-order chi connectivity index (χ0) is 15.7. The van der Waals surface area contributed by atoms with Gasteiger partial charge in [0.2, 0.25) is 10.0 Å².